The molecule has 2 saturated heterocycles. The summed E-state index contributed by atoms with van der Waals surface area (Å²) >= 11 is 0. The van der Waals surface area contributed by atoms with Crippen LogP contribution in [0.25, 0.3) is 0 Å². The first-order chi connectivity index (χ1) is 9.27. The van der Waals surface area contributed by atoms with Gasteiger partial charge in [0.25, 0.3) is 5.91 Å². The van der Waals surface area contributed by atoms with Crippen molar-refractivity contribution in [3.05, 3.63) is 24.3 Å². The summed E-state index contributed by atoms with van der Waals surface area (Å²) in [4.78, 5) is 25.1. The number of aromatic nitrogens is 2. The zero-order valence-corrected chi connectivity index (χ0v) is 11.3. The lowest BCUT2D eigenvalue weighted by atomic mass is 10.0. The van der Waals surface area contributed by atoms with Crippen molar-refractivity contribution in [3.8, 4) is 0 Å². The monoisotopic (exact) mass is 260 g/mol. The average molecular weight is 260 g/mol. The van der Waals surface area contributed by atoms with E-state index >= 15 is 0 Å². The molecule has 2 aliphatic rings. The first-order valence-electron chi connectivity index (χ1n) is 7.04. The van der Waals surface area contributed by atoms with Crippen molar-refractivity contribution in [2.24, 2.45) is 0 Å². The van der Waals surface area contributed by atoms with E-state index in [9.17, 15) is 4.79 Å². The number of rotatable bonds is 2. The predicted molar refractivity (Wildman–Crippen MR) is 71.7 cm³/mol. The summed E-state index contributed by atoms with van der Waals surface area (Å²) in [7, 11) is 2.17. The molecule has 3 heterocycles. The summed E-state index contributed by atoms with van der Waals surface area (Å²) in [6.45, 7) is 2.00. The van der Waals surface area contributed by atoms with Gasteiger partial charge in [0.15, 0.2) is 0 Å². The lowest BCUT2D eigenvalue weighted by Crippen LogP contribution is -2.47. The largest absolute Gasteiger partial charge is 0.333 e. The maximum atomic E-state index is 12.5. The Labute approximate surface area is 113 Å². The van der Waals surface area contributed by atoms with Crippen LogP contribution in [0.2, 0.25) is 0 Å². The highest BCUT2D eigenvalue weighted by Crippen LogP contribution is 2.29. The lowest BCUT2D eigenvalue weighted by molar-refractivity contribution is 0.0658. The molecule has 5 heteroatoms. The quantitative estimate of drug-likeness (QED) is 0.801. The van der Waals surface area contributed by atoms with Crippen molar-refractivity contribution in [2.45, 2.75) is 37.8 Å². The number of likely N-dealkylation sites (N-methyl/N-ethyl adjacent to an activating group) is 1. The molecule has 2 fully saturated rings. The van der Waals surface area contributed by atoms with Gasteiger partial charge >= 0.3 is 0 Å². The molecule has 1 aromatic rings. The second-order valence-corrected chi connectivity index (χ2v) is 5.49. The van der Waals surface area contributed by atoms with E-state index in [-0.39, 0.29) is 5.91 Å². The Balaban J connectivity index is 1.78. The zero-order valence-electron chi connectivity index (χ0n) is 11.3. The lowest BCUT2D eigenvalue weighted by Gasteiger charge is -2.33. The molecule has 0 spiro atoms. The number of amides is 1. The van der Waals surface area contributed by atoms with Crippen LogP contribution in [-0.4, -0.2) is 57.9 Å². The number of carbonyl (C=O) groups is 1. The third kappa shape index (κ3) is 2.34. The normalized spacial score (nSPS) is 27.9. The van der Waals surface area contributed by atoms with Crippen LogP contribution >= 0.6 is 0 Å². The maximum absolute atomic E-state index is 12.5. The standard InChI is InChI=1S/C14H20N4O/c1-17-8-2-4-12(17)13-5-3-9-18(13)14(19)11-10-15-6-7-16-11/h6-7,10,12-13H,2-5,8-9H2,1H3/t12-,13-/m1/s1. The molecule has 3 rings (SSSR count). The number of hydrogen-bond acceptors (Lipinski definition) is 4. The van der Waals surface area contributed by atoms with Crippen LogP contribution < -0.4 is 0 Å². The summed E-state index contributed by atoms with van der Waals surface area (Å²) in [5.74, 6) is 0.0379. The minimum atomic E-state index is 0.0379. The van der Waals surface area contributed by atoms with E-state index in [0.29, 0.717) is 17.8 Å². The van der Waals surface area contributed by atoms with Gasteiger partial charge in [-0.2, -0.15) is 0 Å². The molecule has 1 amide bonds. The minimum absolute atomic E-state index is 0.0379. The van der Waals surface area contributed by atoms with Gasteiger partial charge < -0.3 is 9.80 Å². The summed E-state index contributed by atoms with van der Waals surface area (Å²) < 4.78 is 0. The van der Waals surface area contributed by atoms with Crippen molar-refractivity contribution in [1.29, 1.82) is 0 Å². The molecular formula is C14H20N4O. The highest BCUT2D eigenvalue weighted by atomic mass is 16.2. The van der Waals surface area contributed by atoms with E-state index in [1.165, 1.54) is 12.8 Å². The van der Waals surface area contributed by atoms with Crippen molar-refractivity contribution in [2.75, 3.05) is 20.1 Å². The summed E-state index contributed by atoms with van der Waals surface area (Å²) in [5.41, 5.74) is 0.468. The van der Waals surface area contributed by atoms with Gasteiger partial charge in [0.1, 0.15) is 5.69 Å². The van der Waals surface area contributed by atoms with Crippen LogP contribution in [0, 0.1) is 0 Å². The van der Waals surface area contributed by atoms with Crippen LogP contribution in [0.15, 0.2) is 18.6 Å². The van der Waals surface area contributed by atoms with E-state index < -0.39 is 0 Å². The van der Waals surface area contributed by atoms with Crippen molar-refractivity contribution >= 4 is 5.91 Å². The molecule has 0 saturated carbocycles. The smallest absolute Gasteiger partial charge is 0.274 e. The van der Waals surface area contributed by atoms with E-state index in [2.05, 4.69) is 21.9 Å². The molecule has 0 bridgehead atoms. The van der Waals surface area contributed by atoms with Gasteiger partial charge in [-0.05, 0) is 39.3 Å². The molecule has 102 valence electrons. The third-order valence-corrected chi connectivity index (χ3v) is 4.36. The van der Waals surface area contributed by atoms with Gasteiger partial charge in [-0.15, -0.1) is 0 Å². The van der Waals surface area contributed by atoms with Crippen molar-refractivity contribution in [3.63, 3.8) is 0 Å². The van der Waals surface area contributed by atoms with E-state index in [1.54, 1.807) is 18.6 Å². The summed E-state index contributed by atoms with van der Waals surface area (Å²) in [6, 6.07) is 0.866. The maximum Gasteiger partial charge on any atom is 0.274 e. The van der Waals surface area contributed by atoms with Crippen LogP contribution in [0.3, 0.4) is 0 Å². The van der Waals surface area contributed by atoms with E-state index in [4.69, 9.17) is 0 Å². The van der Waals surface area contributed by atoms with Crippen molar-refractivity contribution in [1.82, 2.24) is 19.8 Å². The molecule has 1 aromatic heterocycles. The van der Waals surface area contributed by atoms with Crippen LogP contribution in [0.1, 0.15) is 36.2 Å². The Bertz CT molecular complexity index is 450. The molecule has 5 nitrogen and oxygen atoms in total. The SMILES string of the molecule is CN1CCC[C@@H]1[C@H]1CCCN1C(=O)c1cnccn1. The van der Waals surface area contributed by atoms with Gasteiger partial charge in [-0.25, -0.2) is 4.98 Å². The summed E-state index contributed by atoms with van der Waals surface area (Å²) in [6.07, 6.45) is 9.40. The Kier molecular flexibility index (Phi) is 3.46. The average Bonchev–Trinajstić information content (AvgIpc) is 3.07. The molecule has 0 unspecified atom stereocenters. The predicted octanol–water partition coefficient (Wildman–Crippen LogP) is 1.18. The zero-order chi connectivity index (χ0) is 13.2. The number of hydrogen-bond donors (Lipinski definition) is 0. The fourth-order valence-electron chi connectivity index (χ4n) is 3.42. The number of likely N-dealkylation sites (tertiary alicyclic amines) is 2. The van der Waals surface area contributed by atoms with Gasteiger partial charge in [0.2, 0.25) is 0 Å². The van der Waals surface area contributed by atoms with Gasteiger partial charge in [0.05, 0.1) is 6.20 Å². The molecule has 19 heavy (non-hydrogen) atoms. The number of nitrogens with zero attached hydrogens (tertiary/aromatic N) is 4. The van der Waals surface area contributed by atoms with Crippen molar-refractivity contribution < 1.29 is 4.79 Å². The topological polar surface area (TPSA) is 49.3 Å². The highest BCUT2D eigenvalue weighted by Gasteiger charge is 2.38. The Morgan fingerprint density at radius 1 is 1.21 bits per heavy atom. The highest BCUT2D eigenvalue weighted by molar-refractivity contribution is 5.92. The minimum Gasteiger partial charge on any atom is -0.333 e. The first kappa shape index (κ1) is 12.5. The van der Waals surface area contributed by atoms with Crippen LogP contribution in [-0.2, 0) is 0 Å². The fraction of sp³-hybridized carbons (Fsp3) is 0.643. The second-order valence-electron chi connectivity index (χ2n) is 5.49. The Morgan fingerprint density at radius 3 is 2.68 bits per heavy atom. The molecule has 2 atom stereocenters. The van der Waals surface area contributed by atoms with E-state index in [1.807, 2.05) is 4.90 Å². The van der Waals surface area contributed by atoms with Crippen LogP contribution in [0.4, 0.5) is 0 Å². The molecule has 0 aromatic carbocycles. The van der Waals surface area contributed by atoms with Gasteiger partial charge in [-0.1, -0.05) is 0 Å². The van der Waals surface area contributed by atoms with Gasteiger partial charge in [-0.3, -0.25) is 9.78 Å². The Hall–Kier alpha value is -1.49. The molecule has 0 aliphatic carbocycles. The fourth-order valence-corrected chi connectivity index (χ4v) is 3.42. The number of carbonyl (C=O) groups excluding carboxylic acids is 1. The van der Waals surface area contributed by atoms with E-state index in [0.717, 1.165) is 25.9 Å². The Morgan fingerprint density at radius 2 is 2.00 bits per heavy atom. The third-order valence-electron chi connectivity index (χ3n) is 4.36. The molecule has 0 radical (unpaired) electrons. The van der Waals surface area contributed by atoms with Crippen LogP contribution in [0.5, 0.6) is 0 Å². The summed E-state index contributed by atoms with van der Waals surface area (Å²) in [5, 5.41) is 0. The molecule has 2 aliphatic heterocycles. The molecular weight excluding hydrogens is 240 g/mol. The second kappa shape index (κ2) is 5.25. The molecule has 0 N–H and O–H groups in total. The van der Waals surface area contributed by atoms with Gasteiger partial charge in [0, 0.05) is 31.0 Å². The first-order valence-corrected chi connectivity index (χ1v) is 7.04.